The number of hydrogen-bond donors (Lipinski definition) is 1. The van der Waals surface area contributed by atoms with Crippen molar-refractivity contribution in [3.8, 4) is 0 Å². The zero-order valence-electron chi connectivity index (χ0n) is 10.3. The van der Waals surface area contributed by atoms with Crippen LogP contribution in [0.5, 0.6) is 0 Å². The molecule has 1 N–H and O–H groups in total. The molecule has 0 amide bonds. The van der Waals surface area contributed by atoms with Crippen molar-refractivity contribution < 1.29 is 13.9 Å². The molecular weight excluding hydrogens is 232 g/mol. The zero-order valence-corrected chi connectivity index (χ0v) is 10.3. The third-order valence-corrected chi connectivity index (χ3v) is 2.68. The van der Waals surface area contributed by atoms with Gasteiger partial charge in [-0.3, -0.25) is 0 Å². The Labute approximate surface area is 105 Å². The van der Waals surface area contributed by atoms with Crippen LogP contribution in [0, 0.1) is 6.92 Å². The summed E-state index contributed by atoms with van der Waals surface area (Å²) in [7, 11) is 1.37. The lowest BCUT2D eigenvalue weighted by Crippen LogP contribution is -2.07. The number of anilines is 1. The van der Waals surface area contributed by atoms with E-state index in [-0.39, 0.29) is 5.97 Å². The van der Waals surface area contributed by atoms with E-state index < -0.39 is 0 Å². The van der Waals surface area contributed by atoms with Gasteiger partial charge in [-0.15, -0.1) is 0 Å². The van der Waals surface area contributed by atoms with E-state index in [1.807, 2.05) is 19.1 Å². The van der Waals surface area contributed by atoms with Crippen molar-refractivity contribution in [1.29, 1.82) is 0 Å². The minimum Gasteiger partial charge on any atom is -0.465 e. The van der Waals surface area contributed by atoms with Crippen LogP contribution in [0.25, 0.3) is 0 Å². The van der Waals surface area contributed by atoms with Gasteiger partial charge in [0.05, 0.1) is 25.4 Å². The Morgan fingerprint density at radius 1 is 1.50 bits per heavy atom. The summed E-state index contributed by atoms with van der Waals surface area (Å²) in [5.74, 6) is 0.397. The molecule has 0 spiro atoms. The van der Waals surface area contributed by atoms with Gasteiger partial charge >= 0.3 is 5.97 Å². The number of rotatable bonds is 4. The Bertz CT molecular complexity index is 535. The highest BCUT2D eigenvalue weighted by molar-refractivity contribution is 5.92. The minimum absolute atomic E-state index is 0.337. The average molecular weight is 246 g/mol. The molecule has 0 aliphatic heterocycles. The molecule has 0 aliphatic carbocycles. The first-order chi connectivity index (χ1) is 8.72. The van der Waals surface area contributed by atoms with Gasteiger partial charge in [-0.05, 0) is 24.6 Å². The Morgan fingerprint density at radius 2 is 2.33 bits per heavy atom. The van der Waals surface area contributed by atoms with Crippen LogP contribution in [0.15, 0.2) is 35.2 Å². The van der Waals surface area contributed by atoms with Gasteiger partial charge in [0.25, 0.3) is 0 Å². The molecule has 0 saturated heterocycles. The lowest BCUT2D eigenvalue weighted by Gasteiger charge is -2.11. The fourth-order valence-corrected chi connectivity index (χ4v) is 1.67. The molecule has 1 aromatic heterocycles. The van der Waals surface area contributed by atoms with E-state index in [4.69, 9.17) is 9.15 Å². The van der Waals surface area contributed by atoms with Crippen LogP contribution in [-0.2, 0) is 11.3 Å². The highest BCUT2D eigenvalue weighted by Crippen LogP contribution is 2.20. The number of carbonyl (C=O) groups is 1. The van der Waals surface area contributed by atoms with Gasteiger partial charge in [0.15, 0.2) is 6.39 Å². The fourth-order valence-electron chi connectivity index (χ4n) is 1.67. The lowest BCUT2D eigenvalue weighted by atomic mass is 10.1. The third-order valence-electron chi connectivity index (χ3n) is 2.68. The van der Waals surface area contributed by atoms with Crippen molar-refractivity contribution in [3.63, 3.8) is 0 Å². The Balaban J connectivity index is 2.16. The van der Waals surface area contributed by atoms with Gasteiger partial charge in [0, 0.05) is 5.69 Å². The molecule has 2 rings (SSSR count). The molecule has 5 nitrogen and oxygen atoms in total. The first-order valence-corrected chi connectivity index (χ1v) is 5.51. The van der Waals surface area contributed by atoms with Crippen molar-refractivity contribution in [1.82, 2.24) is 4.98 Å². The van der Waals surface area contributed by atoms with E-state index in [0.29, 0.717) is 12.1 Å². The van der Waals surface area contributed by atoms with Crippen molar-refractivity contribution in [2.45, 2.75) is 13.5 Å². The lowest BCUT2D eigenvalue weighted by molar-refractivity contribution is 0.0600. The van der Waals surface area contributed by atoms with Gasteiger partial charge in [0.2, 0.25) is 0 Å². The highest BCUT2D eigenvalue weighted by Gasteiger charge is 2.11. The molecule has 0 radical (unpaired) electrons. The van der Waals surface area contributed by atoms with Crippen molar-refractivity contribution >= 4 is 11.7 Å². The van der Waals surface area contributed by atoms with E-state index in [0.717, 1.165) is 17.0 Å². The fraction of sp³-hybridized carbons (Fsp3) is 0.231. The van der Waals surface area contributed by atoms with Crippen molar-refractivity contribution in [2.75, 3.05) is 12.4 Å². The SMILES string of the molecule is COC(=O)c1cccc(NCc2cnco2)c1C. The number of hydrogen-bond acceptors (Lipinski definition) is 5. The van der Waals surface area contributed by atoms with Gasteiger partial charge in [-0.25, -0.2) is 9.78 Å². The maximum Gasteiger partial charge on any atom is 0.338 e. The summed E-state index contributed by atoms with van der Waals surface area (Å²) >= 11 is 0. The summed E-state index contributed by atoms with van der Waals surface area (Å²) in [5.41, 5.74) is 2.28. The highest BCUT2D eigenvalue weighted by atomic mass is 16.5. The summed E-state index contributed by atoms with van der Waals surface area (Å²) in [6.45, 7) is 2.39. The molecule has 0 aliphatic rings. The molecule has 0 fully saturated rings. The van der Waals surface area contributed by atoms with Crippen LogP contribution >= 0.6 is 0 Å². The minimum atomic E-state index is -0.337. The largest absolute Gasteiger partial charge is 0.465 e. The summed E-state index contributed by atoms with van der Waals surface area (Å²) in [6.07, 6.45) is 3.03. The van der Waals surface area contributed by atoms with Crippen LogP contribution in [0.1, 0.15) is 21.7 Å². The molecule has 1 heterocycles. The first-order valence-electron chi connectivity index (χ1n) is 5.51. The normalized spacial score (nSPS) is 10.1. The maximum atomic E-state index is 11.5. The molecule has 0 saturated carbocycles. The van der Waals surface area contributed by atoms with E-state index in [1.165, 1.54) is 13.5 Å². The molecular formula is C13H14N2O3. The molecule has 18 heavy (non-hydrogen) atoms. The molecule has 2 aromatic rings. The van der Waals surface area contributed by atoms with E-state index in [1.54, 1.807) is 12.3 Å². The predicted molar refractivity (Wildman–Crippen MR) is 66.3 cm³/mol. The third kappa shape index (κ3) is 2.51. The Hall–Kier alpha value is -2.30. The Kier molecular flexibility index (Phi) is 3.62. The monoisotopic (exact) mass is 246 g/mol. The number of benzene rings is 1. The van der Waals surface area contributed by atoms with Crippen molar-refractivity contribution in [3.05, 3.63) is 47.7 Å². The number of esters is 1. The number of nitrogens with zero attached hydrogens (tertiary/aromatic N) is 1. The number of oxazole rings is 1. The second kappa shape index (κ2) is 5.35. The summed E-state index contributed by atoms with van der Waals surface area (Å²) < 4.78 is 9.86. The smallest absolute Gasteiger partial charge is 0.338 e. The topological polar surface area (TPSA) is 64.4 Å². The quantitative estimate of drug-likeness (QED) is 0.839. The van der Waals surface area contributed by atoms with E-state index in [2.05, 4.69) is 10.3 Å². The Morgan fingerprint density at radius 3 is 3.00 bits per heavy atom. The van der Waals surface area contributed by atoms with Crippen LogP contribution in [0.4, 0.5) is 5.69 Å². The number of ether oxygens (including phenoxy) is 1. The van der Waals surface area contributed by atoms with Gasteiger partial charge in [-0.1, -0.05) is 6.07 Å². The second-order valence-corrected chi connectivity index (χ2v) is 3.79. The molecule has 0 unspecified atom stereocenters. The van der Waals surface area contributed by atoms with Crippen LogP contribution < -0.4 is 5.32 Å². The molecule has 5 heteroatoms. The molecule has 0 bridgehead atoms. The molecule has 0 atom stereocenters. The summed E-state index contributed by atoms with van der Waals surface area (Å²) in [5, 5.41) is 3.19. The zero-order chi connectivity index (χ0) is 13.0. The van der Waals surface area contributed by atoms with Gasteiger partial charge in [-0.2, -0.15) is 0 Å². The first kappa shape index (κ1) is 12.2. The maximum absolute atomic E-state index is 11.5. The number of aromatic nitrogens is 1. The average Bonchev–Trinajstić information content (AvgIpc) is 2.90. The van der Waals surface area contributed by atoms with Crippen molar-refractivity contribution in [2.24, 2.45) is 0 Å². The van der Waals surface area contributed by atoms with Gasteiger partial charge in [0.1, 0.15) is 5.76 Å². The summed E-state index contributed by atoms with van der Waals surface area (Å²) in [6, 6.07) is 5.45. The van der Waals surface area contributed by atoms with E-state index >= 15 is 0 Å². The van der Waals surface area contributed by atoms with Crippen LogP contribution in [0.2, 0.25) is 0 Å². The van der Waals surface area contributed by atoms with E-state index in [9.17, 15) is 4.79 Å². The van der Waals surface area contributed by atoms with Crippen LogP contribution in [0.3, 0.4) is 0 Å². The molecule has 1 aromatic carbocycles. The summed E-state index contributed by atoms with van der Waals surface area (Å²) in [4.78, 5) is 15.4. The molecule has 94 valence electrons. The predicted octanol–water partition coefficient (Wildman–Crippen LogP) is 2.38. The number of carbonyl (C=O) groups excluding carboxylic acids is 1. The van der Waals surface area contributed by atoms with Gasteiger partial charge < -0.3 is 14.5 Å². The second-order valence-electron chi connectivity index (χ2n) is 3.79. The number of methoxy groups -OCH3 is 1. The standard InChI is InChI=1S/C13H14N2O3/c1-9-11(13(16)17-2)4-3-5-12(9)15-7-10-6-14-8-18-10/h3-6,8,15H,7H2,1-2H3. The number of nitrogens with one attached hydrogen (secondary N) is 1. The van der Waals surface area contributed by atoms with Crippen LogP contribution in [-0.4, -0.2) is 18.1 Å².